The van der Waals surface area contributed by atoms with Crippen molar-refractivity contribution in [2.75, 3.05) is 20.1 Å². The van der Waals surface area contributed by atoms with Gasteiger partial charge in [0.05, 0.1) is 0 Å². The molecule has 2 N–H and O–H groups in total. The van der Waals surface area contributed by atoms with Crippen LogP contribution in [0.15, 0.2) is 29.3 Å². The molecule has 1 fully saturated rings. The van der Waals surface area contributed by atoms with Crippen molar-refractivity contribution in [1.82, 2.24) is 15.5 Å². The van der Waals surface area contributed by atoms with Crippen LogP contribution in [0.2, 0.25) is 0 Å². The first-order chi connectivity index (χ1) is 12.0. The summed E-state index contributed by atoms with van der Waals surface area (Å²) in [5, 5.41) is 6.45. The largest absolute Gasteiger partial charge is 0.352 e. The predicted octanol–water partition coefficient (Wildman–Crippen LogP) is 3.64. The molecule has 0 aliphatic carbocycles. The number of aliphatic imine (C=N–C) groups is 1. The number of hydrogen-bond acceptors (Lipinski definition) is 2. The average molecular weight is 472 g/mol. The third-order valence-corrected chi connectivity index (χ3v) is 4.92. The highest BCUT2D eigenvalue weighted by atomic mass is 127. The van der Waals surface area contributed by atoms with Crippen LogP contribution in [0.3, 0.4) is 0 Å². The van der Waals surface area contributed by atoms with E-state index in [1.54, 1.807) is 0 Å². The summed E-state index contributed by atoms with van der Waals surface area (Å²) in [6.07, 6.45) is 3.36. The molecule has 1 aliphatic rings. The molecular formula is C20H33IN4O. The molecule has 0 radical (unpaired) electrons. The smallest absolute Gasteiger partial charge is 0.251 e. The second-order valence-electron chi connectivity index (χ2n) is 7.05. The van der Waals surface area contributed by atoms with Crippen LogP contribution in [0.25, 0.3) is 0 Å². The molecule has 1 aliphatic heterocycles. The lowest BCUT2D eigenvalue weighted by Gasteiger charge is -2.33. The van der Waals surface area contributed by atoms with E-state index in [4.69, 9.17) is 0 Å². The number of carbonyl (C=O) groups excluding carboxylic acids is 1. The van der Waals surface area contributed by atoms with Crippen LogP contribution in [0.1, 0.15) is 56.0 Å². The fourth-order valence-corrected chi connectivity index (χ4v) is 2.97. The van der Waals surface area contributed by atoms with Gasteiger partial charge in [0.15, 0.2) is 5.96 Å². The number of nitrogens with one attached hydrogen (secondary N) is 2. The second-order valence-corrected chi connectivity index (χ2v) is 7.05. The Kier molecular flexibility index (Phi) is 9.98. The molecule has 0 bridgehead atoms. The van der Waals surface area contributed by atoms with Gasteiger partial charge < -0.3 is 15.5 Å². The van der Waals surface area contributed by atoms with Crippen molar-refractivity contribution < 1.29 is 4.79 Å². The van der Waals surface area contributed by atoms with Crippen LogP contribution in [0, 0.1) is 5.92 Å². The van der Waals surface area contributed by atoms with Gasteiger partial charge in [-0.25, -0.2) is 0 Å². The molecule has 0 spiro atoms. The molecule has 1 atom stereocenters. The van der Waals surface area contributed by atoms with Gasteiger partial charge in [0.1, 0.15) is 0 Å². The molecule has 146 valence electrons. The minimum absolute atomic E-state index is 0. The highest BCUT2D eigenvalue weighted by Crippen LogP contribution is 2.16. The van der Waals surface area contributed by atoms with Gasteiger partial charge >= 0.3 is 0 Å². The number of carbonyl (C=O) groups is 1. The van der Waals surface area contributed by atoms with Gasteiger partial charge in [-0.3, -0.25) is 9.79 Å². The van der Waals surface area contributed by atoms with Crippen molar-refractivity contribution in [2.24, 2.45) is 10.9 Å². The molecule has 1 saturated heterocycles. The molecule has 5 nitrogen and oxygen atoms in total. The Morgan fingerprint density at radius 3 is 2.65 bits per heavy atom. The summed E-state index contributed by atoms with van der Waals surface area (Å²) in [4.78, 5) is 19.0. The van der Waals surface area contributed by atoms with E-state index in [-0.39, 0.29) is 35.9 Å². The van der Waals surface area contributed by atoms with E-state index in [0.717, 1.165) is 37.0 Å². The first kappa shape index (κ1) is 22.7. The number of guanidine groups is 1. The Morgan fingerprint density at radius 1 is 1.35 bits per heavy atom. The number of piperidine rings is 1. The topological polar surface area (TPSA) is 56.7 Å². The third kappa shape index (κ3) is 6.78. The van der Waals surface area contributed by atoms with Crippen molar-refractivity contribution in [2.45, 2.75) is 52.6 Å². The Bertz CT molecular complexity index is 597. The minimum Gasteiger partial charge on any atom is -0.352 e. The van der Waals surface area contributed by atoms with Crippen LogP contribution in [0.4, 0.5) is 0 Å². The van der Waals surface area contributed by atoms with Crippen molar-refractivity contribution in [3.8, 4) is 0 Å². The zero-order chi connectivity index (χ0) is 18.2. The predicted molar refractivity (Wildman–Crippen MR) is 119 cm³/mol. The summed E-state index contributed by atoms with van der Waals surface area (Å²) in [6, 6.07) is 7.99. The fourth-order valence-electron chi connectivity index (χ4n) is 2.97. The maximum Gasteiger partial charge on any atom is 0.251 e. The molecule has 6 heteroatoms. The summed E-state index contributed by atoms with van der Waals surface area (Å²) >= 11 is 0. The van der Waals surface area contributed by atoms with Crippen molar-refractivity contribution in [1.29, 1.82) is 0 Å². The highest BCUT2D eigenvalue weighted by molar-refractivity contribution is 14.0. The van der Waals surface area contributed by atoms with Crippen molar-refractivity contribution in [3.63, 3.8) is 0 Å². The molecule has 1 heterocycles. The maximum absolute atomic E-state index is 12.3. The van der Waals surface area contributed by atoms with Gasteiger partial charge in [-0.15, -0.1) is 24.0 Å². The van der Waals surface area contributed by atoms with Gasteiger partial charge in [-0.2, -0.15) is 0 Å². The number of halogens is 1. The van der Waals surface area contributed by atoms with Crippen LogP contribution >= 0.6 is 24.0 Å². The van der Waals surface area contributed by atoms with Gasteiger partial charge in [-0.05, 0) is 49.8 Å². The van der Waals surface area contributed by atoms with Crippen molar-refractivity contribution in [3.05, 3.63) is 35.4 Å². The summed E-state index contributed by atoms with van der Waals surface area (Å²) in [5.41, 5.74) is 1.80. The van der Waals surface area contributed by atoms with E-state index < -0.39 is 0 Å². The van der Waals surface area contributed by atoms with E-state index in [2.05, 4.69) is 34.4 Å². The summed E-state index contributed by atoms with van der Waals surface area (Å²) in [7, 11) is 1.83. The molecule has 1 aromatic carbocycles. The normalized spacial score (nSPS) is 16.6. The summed E-state index contributed by atoms with van der Waals surface area (Å²) < 4.78 is 0. The van der Waals surface area contributed by atoms with Crippen LogP contribution < -0.4 is 10.6 Å². The zero-order valence-electron chi connectivity index (χ0n) is 16.4. The summed E-state index contributed by atoms with van der Waals surface area (Å²) in [5.74, 6) is 1.74. The Labute approximate surface area is 175 Å². The van der Waals surface area contributed by atoms with E-state index in [1.165, 1.54) is 12.8 Å². The third-order valence-electron chi connectivity index (χ3n) is 4.92. The molecule has 0 saturated carbocycles. The van der Waals surface area contributed by atoms with Crippen LogP contribution in [0.5, 0.6) is 0 Å². The van der Waals surface area contributed by atoms with Gasteiger partial charge in [0.25, 0.3) is 5.91 Å². The monoisotopic (exact) mass is 472 g/mol. The molecular weight excluding hydrogens is 439 g/mol. The van der Waals surface area contributed by atoms with E-state index >= 15 is 0 Å². The SMILES string of the molecule is CCC(C)NC(=O)c1cccc(CNC(=NC)N2CCC(C)CC2)c1.I. The molecule has 1 aromatic rings. The molecule has 1 amide bonds. The quantitative estimate of drug-likeness (QED) is 0.391. The first-order valence-corrected chi connectivity index (χ1v) is 9.38. The van der Waals surface area contributed by atoms with Crippen LogP contribution in [-0.2, 0) is 6.54 Å². The Balaban J connectivity index is 0.00000338. The van der Waals surface area contributed by atoms with Gasteiger partial charge in [0.2, 0.25) is 0 Å². The Morgan fingerprint density at radius 2 is 2.04 bits per heavy atom. The second kappa shape index (κ2) is 11.4. The summed E-state index contributed by atoms with van der Waals surface area (Å²) in [6.45, 7) is 9.17. The highest BCUT2D eigenvalue weighted by Gasteiger charge is 2.18. The van der Waals surface area contributed by atoms with Crippen LogP contribution in [-0.4, -0.2) is 42.9 Å². The first-order valence-electron chi connectivity index (χ1n) is 9.38. The lowest BCUT2D eigenvalue weighted by molar-refractivity contribution is 0.0939. The average Bonchev–Trinajstić information content (AvgIpc) is 2.63. The lowest BCUT2D eigenvalue weighted by Crippen LogP contribution is -2.45. The maximum atomic E-state index is 12.3. The van der Waals surface area contributed by atoms with E-state index in [9.17, 15) is 4.79 Å². The fraction of sp³-hybridized carbons (Fsp3) is 0.600. The lowest BCUT2D eigenvalue weighted by atomic mass is 9.99. The minimum atomic E-state index is -0.00870. The van der Waals surface area contributed by atoms with Gasteiger partial charge in [0, 0.05) is 38.3 Å². The number of likely N-dealkylation sites (tertiary alicyclic amines) is 1. The number of amides is 1. The van der Waals surface area contributed by atoms with E-state index in [0.29, 0.717) is 12.1 Å². The molecule has 2 rings (SSSR count). The molecule has 1 unspecified atom stereocenters. The number of nitrogens with zero attached hydrogens (tertiary/aromatic N) is 2. The van der Waals surface area contributed by atoms with Crippen molar-refractivity contribution >= 4 is 35.8 Å². The number of hydrogen-bond donors (Lipinski definition) is 2. The molecule has 0 aromatic heterocycles. The number of rotatable bonds is 5. The zero-order valence-corrected chi connectivity index (χ0v) is 18.7. The molecule has 26 heavy (non-hydrogen) atoms. The Hall–Kier alpha value is -1.31. The van der Waals surface area contributed by atoms with Gasteiger partial charge in [-0.1, -0.05) is 26.0 Å². The number of benzene rings is 1. The standard InChI is InChI=1S/C20H32N4O.HI/c1-5-16(3)23-19(25)18-8-6-7-17(13-18)14-22-20(21-4)24-11-9-15(2)10-12-24;/h6-8,13,15-16H,5,9-12,14H2,1-4H3,(H,21,22)(H,23,25);1H. The van der Waals surface area contributed by atoms with E-state index in [1.807, 2.05) is 38.2 Å².